The van der Waals surface area contributed by atoms with E-state index in [1.54, 1.807) is 12.1 Å². The van der Waals surface area contributed by atoms with Gasteiger partial charge in [-0.2, -0.15) is 9.57 Å². The smallest absolute Gasteiger partial charge is 0.244 e. The van der Waals surface area contributed by atoms with Gasteiger partial charge in [0.05, 0.1) is 10.5 Å². The molecule has 1 aromatic carbocycles. The van der Waals surface area contributed by atoms with Crippen LogP contribution < -0.4 is 9.80 Å². The van der Waals surface area contributed by atoms with Gasteiger partial charge in [-0.15, -0.1) is 0 Å². The fourth-order valence-corrected chi connectivity index (χ4v) is 4.57. The first-order valence-corrected chi connectivity index (χ1v) is 10.0. The van der Waals surface area contributed by atoms with Crippen molar-refractivity contribution in [3.63, 3.8) is 0 Å². The molecule has 1 fully saturated rings. The van der Waals surface area contributed by atoms with E-state index in [0.717, 1.165) is 11.6 Å². The van der Waals surface area contributed by atoms with Crippen LogP contribution in [0.25, 0.3) is 0 Å². The zero-order valence-corrected chi connectivity index (χ0v) is 16.4. The lowest BCUT2D eigenvalue weighted by Gasteiger charge is -2.35. The Labute approximate surface area is 159 Å². The lowest BCUT2D eigenvalue weighted by molar-refractivity contribution is 0.383. The van der Waals surface area contributed by atoms with E-state index in [4.69, 9.17) is 0 Å². The average molecular weight is 386 g/mol. The molecule has 9 heteroatoms. The molecule has 1 aliphatic heterocycles. The van der Waals surface area contributed by atoms with Gasteiger partial charge in [0, 0.05) is 46.3 Å². The first-order chi connectivity index (χ1) is 12.8. The van der Waals surface area contributed by atoms with E-state index in [9.17, 15) is 13.7 Å². The third-order valence-corrected chi connectivity index (χ3v) is 6.41. The number of hydrogen-bond acceptors (Lipinski definition) is 7. The molecule has 0 amide bonds. The molecular weight excluding hydrogens is 364 g/mol. The second-order valence-electron chi connectivity index (χ2n) is 6.53. The van der Waals surface area contributed by atoms with Crippen LogP contribution in [0, 0.1) is 18.3 Å². The normalized spacial score (nSPS) is 15.4. The Balaban J connectivity index is 1.79. The van der Waals surface area contributed by atoms with Crippen molar-refractivity contribution in [3.8, 4) is 6.07 Å². The molecular formula is C18H22N6O2S. The van der Waals surface area contributed by atoms with Crippen LogP contribution in [0.3, 0.4) is 0 Å². The predicted molar refractivity (Wildman–Crippen MR) is 103 cm³/mol. The second-order valence-corrected chi connectivity index (χ2v) is 8.43. The SMILES string of the molecule is Cc1nc(N(C)C)cc(N2CCN(S(=O)(=O)c3ccccc3C#N)CC2)n1. The highest BCUT2D eigenvalue weighted by Gasteiger charge is 2.30. The molecule has 0 bridgehead atoms. The molecule has 1 saturated heterocycles. The predicted octanol–water partition coefficient (Wildman–Crippen LogP) is 1.23. The van der Waals surface area contributed by atoms with E-state index in [0.29, 0.717) is 32.0 Å². The van der Waals surface area contributed by atoms with Gasteiger partial charge in [-0.1, -0.05) is 12.1 Å². The average Bonchev–Trinajstić information content (AvgIpc) is 2.67. The summed E-state index contributed by atoms with van der Waals surface area (Å²) in [5, 5.41) is 9.21. The fourth-order valence-electron chi connectivity index (χ4n) is 3.01. The van der Waals surface area contributed by atoms with E-state index >= 15 is 0 Å². The highest BCUT2D eigenvalue weighted by Crippen LogP contribution is 2.24. The minimum Gasteiger partial charge on any atom is -0.363 e. The summed E-state index contributed by atoms with van der Waals surface area (Å²) in [5.74, 6) is 2.28. The molecule has 0 N–H and O–H groups in total. The van der Waals surface area contributed by atoms with Gasteiger partial charge in [-0.3, -0.25) is 0 Å². The third kappa shape index (κ3) is 3.86. The molecule has 0 aliphatic carbocycles. The first-order valence-electron chi connectivity index (χ1n) is 8.60. The summed E-state index contributed by atoms with van der Waals surface area (Å²) >= 11 is 0. The first kappa shape index (κ1) is 19.1. The second kappa shape index (κ2) is 7.50. The molecule has 1 aliphatic rings. The van der Waals surface area contributed by atoms with Gasteiger partial charge >= 0.3 is 0 Å². The molecule has 8 nitrogen and oxygen atoms in total. The van der Waals surface area contributed by atoms with Gasteiger partial charge in [0.1, 0.15) is 23.5 Å². The van der Waals surface area contributed by atoms with Crippen LogP contribution in [0.1, 0.15) is 11.4 Å². The van der Waals surface area contributed by atoms with E-state index in [1.165, 1.54) is 16.4 Å². The molecule has 27 heavy (non-hydrogen) atoms. The van der Waals surface area contributed by atoms with Gasteiger partial charge in [0.25, 0.3) is 0 Å². The Morgan fingerprint density at radius 3 is 2.41 bits per heavy atom. The molecule has 2 heterocycles. The summed E-state index contributed by atoms with van der Waals surface area (Å²) < 4.78 is 27.3. The van der Waals surface area contributed by atoms with E-state index < -0.39 is 10.0 Å². The number of nitriles is 1. The van der Waals surface area contributed by atoms with Crippen molar-refractivity contribution in [1.82, 2.24) is 14.3 Å². The molecule has 0 saturated carbocycles. The van der Waals surface area contributed by atoms with Crippen LogP contribution in [-0.4, -0.2) is 63.0 Å². The maximum absolute atomic E-state index is 12.9. The maximum atomic E-state index is 12.9. The van der Waals surface area contributed by atoms with E-state index in [2.05, 4.69) is 14.9 Å². The summed E-state index contributed by atoms with van der Waals surface area (Å²) in [6.45, 7) is 3.56. The number of piperazine rings is 1. The van der Waals surface area contributed by atoms with Crippen molar-refractivity contribution in [3.05, 3.63) is 41.7 Å². The van der Waals surface area contributed by atoms with Gasteiger partial charge in [0.15, 0.2) is 0 Å². The number of hydrogen-bond donors (Lipinski definition) is 0. The topological polar surface area (TPSA) is 93.4 Å². The van der Waals surface area contributed by atoms with Crippen LogP contribution in [0.2, 0.25) is 0 Å². The van der Waals surface area contributed by atoms with Crippen LogP contribution in [0.4, 0.5) is 11.6 Å². The zero-order chi connectivity index (χ0) is 19.6. The summed E-state index contributed by atoms with van der Waals surface area (Å²) in [7, 11) is 0.142. The summed E-state index contributed by atoms with van der Waals surface area (Å²) in [5.41, 5.74) is 0.168. The van der Waals surface area contributed by atoms with Gasteiger partial charge in [0.2, 0.25) is 10.0 Å². The Bertz CT molecular complexity index is 976. The standard InChI is InChI=1S/C18H22N6O2S/c1-14-20-17(22(2)3)12-18(21-14)23-8-10-24(11-9-23)27(25,26)16-7-5-4-6-15(16)13-19/h4-7,12H,8-11H2,1-3H3. The Morgan fingerprint density at radius 2 is 1.78 bits per heavy atom. The lowest BCUT2D eigenvalue weighted by atomic mass is 10.2. The number of aromatic nitrogens is 2. The zero-order valence-electron chi connectivity index (χ0n) is 15.6. The van der Waals surface area contributed by atoms with Crippen LogP contribution in [-0.2, 0) is 10.0 Å². The number of anilines is 2. The van der Waals surface area contributed by atoms with Crippen molar-refractivity contribution in [2.45, 2.75) is 11.8 Å². The van der Waals surface area contributed by atoms with Gasteiger partial charge in [-0.05, 0) is 19.1 Å². The quantitative estimate of drug-likeness (QED) is 0.780. The molecule has 0 radical (unpaired) electrons. The Kier molecular flexibility index (Phi) is 5.30. The summed E-state index contributed by atoms with van der Waals surface area (Å²) in [6.07, 6.45) is 0. The minimum absolute atomic E-state index is 0.0636. The summed E-state index contributed by atoms with van der Waals surface area (Å²) in [6, 6.07) is 10.2. The largest absolute Gasteiger partial charge is 0.363 e. The monoisotopic (exact) mass is 386 g/mol. The van der Waals surface area contributed by atoms with Crippen molar-refractivity contribution >= 4 is 21.7 Å². The molecule has 142 valence electrons. The summed E-state index contributed by atoms with van der Waals surface area (Å²) in [4.78, 5) is 12.9. The number of rotatable bonds is 4. The number of benzene rings is 1. The molecule has 1 aromatic heterocycles. The van der Waals surface area contributed by atoms with Gasteiger partial charge < -0.3 is 9.80 Å². The van der Waals surface area contributed by atoms with Crippen LogP contribution >= 0.6 is 0 Å². The minimum atomic E-state index is -3.70. The van der Waals surface area contributed by atoms with E-state index in [-0.39, 0.29) is 10.5 Å². The number of nitrogens with zero attached hydrogens (tertiary/aromatic N) is 6. The van der Waals surface area contributed by atoms with Crippen LogP contribution in [0.5, 0.6) is 0 Å². The van der Waals surface area contributed by atoms with Crippen molar-refractivity contribution in [1.29, 1.82) is 5.26 Å². The highest BCUT2D eigenvalue weighted by atomic mass is 32.2. The molecule has 0 spiro atoms. The Morgan fingerprint density at radius 1 is 1.11 bits per heavy atom. The van der Waals surface area contributed by atoms with Crippen molar-refractivity contribution < 1.29 is 8.42 Å². The molecule has 2 aromatic rings. The lowest BCUT2D eigenvalue weighted by Crippen LogP contribution is -2.49. The van der Waals surface area contributed by atoms with E-state index in [1.807, 2.05) is 38.1 Å². The fraction of sp³-hybridized carbons (Fsp3) is 0.389. The maximum Gasteiger partial charge on any atom is 0.244 e. The molecule has 0 atom stereocenters. The van der Waals surface area contributed by atoms with Crippen molar-refractivity contribution in [2.75, 3.05) is 50.1 Å². The number of sulfonamides is 1. The third-order valence-electron chi connectivity index (χ3n) is 4.46. The van der Waals surface area contributed by atoms with Crippen molar-refractivity contribution in [2.24, 2.45) is 0 Å². The number of aryl methyl sites for hydroxylation is 1. The molecule has 3 rings (SSSR count). The highest BCUT2D eigenvalue weighted by molar-refractivity contribution is 7.89. The van der Waals surface area contributed by atoms with Crippen LogP contribution in [0.15, 0.2) is 35.2 Å². The van der Waals surface area contributed by atoms with Gasteiger partial charge in [-0.25, -0.2) is 18.4 Å². The molecule has 0 unspecified atom stereocenters. The Hall–Kier alpha value is -2.70.